The molecule has 102 valence electrons. The molecule has 0 atom stereocenters. The lowest BCUT2D eigenvalue weighted by molar-refractivity contribution is 0.614. The minimum absolute atomic E-state index is 0. The standard InChI is InChI=1S/C13H21N3S.HI/c1-14-13(16-11-5-2-3-6-11)15-9-8-12-7-4-10-17-12;/h4,7,10-11H,2-3,5-6,8-9H2,1H3,(H2,14,15,16);1H. The van der Waals surface area contributed by atoms with Gasteiger partial charge in [0.1, 0.15) is 0 Å². The van der Waals surface area contributed by atoms with Gasteiger partial charge in [0.15, 0.2) is 5.96 Å². The van der Waals surface area contributed by atoms with Crippen molar-refractivity contribution in [2.75, 3.05) is 13.6 Å². The zero-order chi connectivity index (χ0) is 11.9. The molecule has 2 rings (SSSR count). The van der Waals surface area contributed by atoms with Crippen LogP contribution < -0.4 is 10.6 Å². The molecule has 5 heteroatoms. The molecule has 0 aliphatic heterocycles. The SMILES string of the molecule is CN=C(NCCc1cccs1)NC1CCCC1.I. The van der Waals surface area contributed by atoms with Crippen molar-refractivity contribution in [1.29, 1.82) is 0 Å². The van der Waals surface area contributed by atoms with E-state index >= 15 is 0 Å². The number of guanidine groups is 1. The molecule has 0 unspecified atom stereocenters. The van der Waals surface area contributed by atoms with Crippen LogP contribution in [0, 0.1) is 0 Å². The predicted octanol–water partition coefficient (Wildman–Crippen LogP) is 3.02. The average Bonchev–Trinajstić information content (AvgIpc) is 3.00. The van der Waals surface area contributed by atoms with Gasteiger partial charge in [-0.2, -0.15) is 0 Å². The molecule has 18 heavy (non-hydrogen) atoms. The number of aliphatic imine (C=N–C) groups is 1. The minimum Gasteiger partial charge on any atom is -0.356 e. The molecule has 0 bridgehead atoms. The van der Waals surface area contributed by atoms with E-state index in [1.54, 1.807) is 0 Å². The second-order valence-corrected chi connectivity index (χ2v) is 5.49. The summed E-state index contributed by atoms with van der Waals surface area (Å²) in [5, 5.41) is 8.99. The lowest BCUT2D eigenvalue weighted by atomic mass is 10.2. The fourth-order valence-corrected chi connectivity index (χ4v) is 2.93. The van der Waals surface area contributed by atoms with Crippen LogP contribution in [0.25, 0.3) is 0 Å². The molecule has 1 aromatic heterocycles. The number of nitrogens with one attached hydrogen (secondary N) is 2. The van der Waals surface area contributed by atoms with Gasteiger partial charge in [0.25, 0.3) is 0 Å². The quantitative estimate of drug-likeness (QED) is 0.479. The second-order valence-electron chi connectivity index (χ2n) is 4.45. The van der Waals surface area contributed by atoms with E-state index in [1.165, 1.54) is 30.6 Å². The summed E-state index contributed by atoms with van der Waals surface area (Å²) in [7, 11) is 1.84. The Morgan fingerprint density at radius 1 is 1.44 bits per heavy atom. The van der Waals surface area contributed by atoms with Crippen LogP contribution in [0.4, 0.5) is 0 Å². The van der Waals surface area contributed by atoms with Crippen LogP contribution in [0.5, 0.6) is 0 Å². The molecule has 0 amide bonds. The summed E-state index contributed by atoms with van der Waals surface area (Å²) in [6.45, 7) is 0.951. The number of rotatable bonds is 4. The van der Waals surface area contributed by atoms with E-state index in [1.807, 2.05) is 18.4 Å². The maximum atomic E-state index is 4.27. The van der Waals surface area contributed by atoms with Crippen molar-refractivity contribution < 1.29 is 0 Å². The summed E-state index contributed by atoms with van der Waals surface area (Å²) in [5.41, 5.74) is 0. The monoisotopic (exact) mass is 379 g/mol. The first-order chi connectivity index (χ1) is 8.38. The molecular weight excluding hydrogens is 357 g/mol. The highest BCUT2D eigenvalue weighted by Crippen LogP contribution is 2.17. The zero-order valence-electron chi connectivity index (χ0n) is 10.8. The Hall–Kier alpha value is -0.300. The van der Waals surface area contributed by atoms with E-state index in [9.17, 15) is 0 Å². The van der Waals surface area contributed by atoms with E-state index in [-0.39, 0.29) is 24.0 Å². The Morgan fingerprint density at radius 2 is 2.22 bits per heavy atom. The van der Waals surface area contributed by atoms with E-state index in [0.29, 0.717) is 6.04 Å². The van der Waals surface area contributed by atoms with Crippen molar-refractivity contribution in [3.8, 4) is 0 Å². The Bertz CT molecular complexity index is 345. The third kappa shape index (κ3) is 5.14. The minimum atomic E-state index is 0. The Balaban J connectivity index is 0.00000162. The van der Waals surface area contributed by atoms with Crippen molar-refractivity contribution in [1.82, 2.24) is 10.6 Å². The molecule has 1 fully saturated rings. The van der Waals surface area contributed by atoms with Gasteiger partial charge in [-0.1, -0.05) is 18.9 Å². The van der Waals surface area contributed by atoms with Gasteiger partial charge in [0, 0.05) is 24.5 Å². The van der Waals surface area contributed by atoms with Gasteiger partial charge in [-0.3, -0.25) is 4.99 Å². The molecule has 0 spiro atoms. The first-order valence-electron chi connectivity index (χ1n) is 6.38. The Morgan fingerprint density at radius 3 is 2.83 bits per heavy atom. The summed E-state index contributed by atoms with van der Waals surface area (Å²) < 4.78 is 0. The topological polar surface area (TPSA) is 36.4 Å². The fourth-order valence-electron chi connectivity index (χ4n) is 2.22. The highest BCUT2D eigenvalue weighted by Gasteiger charge is 2.15. The van der Waals surface area contributed by atoms with E-state index in [4.69, 9.17) is 0 Å². The van der Waals surface area contributed by atoms with Crippen molar-refractivity contribution >= 4 is 41.3 Å². The van der Waals surface area contributed by atoms with Crippen LogP contribution in [-0.4, -0.2) is 25.6 Å². The van der Waals surface area contributed by atoms with Gasteiger partial charge < -0.3 is 10.6 Å². The molecule has 0 saturated heterocycles. The first-order valence-corrected chi connectivity index (χ1v) is 7.26. The number of thiophene rings is 1. The third-order valence-electron chi connectivity index (χ3n) is 3.16. The van der Waals surface area contributed by atoms with Gasteiger partial charge in [-0.15, -0.1) is 35.3 Å². The van der Waals surface area contributed by atoms with Crippen LogP contribution in [0.3, 0.4) is 0 Å². The molecule has 0 aromatic carbocycles. The average molecular weight is 379 g/mol. The summed E-state index contributed by atoms with van der Waals surface area (Å²) in [5.74, 6) is 0.952. The lowest BCUT2D eigenvalue weighted by Crippen LogP contribution is -2.42. The number of hydrogen-bond acceptors (Lipinski definition) is 2. The lowest BCUT2D eigenvalue weighted by Gasteiger charge is -2.16. The maximum Gasteiger partial charge on any atom is 0.191 e. The van der Waals surface area contributed by atoms with Crippen molar-refractivity contribution in [3.63, 3.8) is 0 Å². The number of nitrogens with zero attached hydrogens (tertiary/aromatic N) is 1. The predicted molar refractivity (Wildman–Crippen MR) is 90.2 cm³/mol. The van der Waals surface area contributed by atoms with Crippen molar-refractivity contribution in [3.05, 3.63) is 22.4 Å². The van der Waals surface area contributed by atoms with Crippen LogP contribution in [0.15, 0.2) is 22.5 Å². The molecule has 1 saturated carbocycles. The summed E-state index contributed by atoms with van der Waals surface area (Å²) in [6.07, 6.45) is 6.34. The van der Waals surface area contributed by atoms with Gasteiger partial charge in [-0.25, -0.2) is 0 Å². The van der Waals surface area contributed by atoms with E-state index in [2.05, 4.69) is 33.1 Å². The Labute approximate surface area is 130 Å². The van der Waals surface area contributed by atoms with E-state index < -0.39 is 0 Å². The summed E-state index contributed by atoms with van der Waals surface area (Å²) in [6, 6.07) is 4.91. The van der Waals surface area contributed by atoms with Crippen LogP contribution in [0.2, 0.25) is 0 Å². The molecule has 2 N–H and O–H groups in total. The number of halogens is 1. The molecule has 1 aliphatic carbocycles. The van der Waals surface area contributed by atoms with Crippen LogP contribution in [0.1, 0.15) is 30.6 Å². The molecule has 1 heterocycles. The molecular formula is C13H22IN3S. The van der Waals surface area contributed by atoms with Gasteiger partial charge in [-0.05, 0) is 30.7 Å². The van der Waals surface area contributed by atoms with E-state index in [0.717, 1.165) is 18.9 Å². The van der Waals surface area contributed by atoms with Crippen molar-refractivity contribution in [2.24, 2.45) is 4.99 Å². The summed E-state index contributed by atoms with van der Waals surface area (Å²) in [4.78, 5) is 5.69. The smallest absolute Gasteiger partial charge is 0.191 e. The van der Waals surface area contributed by atoms with Gasteiger partial charge >= 0.3 is 0 Å². The molecule has 0 radical (unpaired) electrons. The van der Waals surface area contributed by atoms with Crippen LogP contribution in [-0.2, 0) is 6.42 Å². The van der Waals surface area contributed by atoms with Crippen LogP contribution >= 0.6 is 35.3 Å². The largest absolute Gasteiger partial charge is 0.356 e. The van der Waals surface area contributed by atoms with Gasteiger partial charge in [0.05, 0.1) is 0 Å². The number of hydrogen-bond donors (Lipinski definition) is 2. The highest BCUT2D eigenvalue weighted by molar-refractivity contribution is 14.0. The normalized spacial score (nSPS) is 16.4. The molecule has 1 aliphatic rings. The molecule has 3 nitrogen and oxygen atoms in total. The second kappa shape index (κ2) is 8.74. The highest BCUT2D eigenvalue weighted by atomic mass is 127. The van der Waals surface area contributed by atoms with Gasteiger partial charge in [0.2, 0.25) is 0 Å². The summed E-state index contributed by atoms with van der Waals surface area (Å²) >= 11 is 1.81. The third-order valence-corrected chi connectivity index (χ3v) is 4.10. The maximum absolute atomic E-state index is 4.27. The Kier molecular flexibility index (Phi) is 7.65. The fraction of sp³-hybridized carbons (Fsp3) is 0.615. The van der Waals surface area contributed by atoms with Crippen molar-refractivity contribution in [2.45, 2.75) is 38.1 Å². The molecule has 1 aromatic rings. The zero-order valence-corrected chi connectivity index (χ0v) is 14.0. The first kappa shape index (κ1) is 15.8.